The van der Waals surface area contributed by atoms with Crippen molar-refractivity contribution in [2.45, 2.75) is 6.54 Å². The molecule has 1 aromatic rings. The molecule has 1 aromatic carbocycles. The summed E-state index contributed by atoms with van der Waals surface area (Å²) in [5.74, 6) is -2.46. The van der Waals surface area contributed by atoms with Crippen LogP contribution in [-0.4, -0.2) is 23.1 Å². The predicted octanol–water partition coefficient (Wildman–Crippen LogP) is 1.37. The molecule has 1 aliphatic heterocycles. The zero-order valence-corrected chi connectivity index (χ0v) is 8.85. The summed E-state index contributed by atoms with van der Waals surface area (Å²) in [5, 5.41) is 8.51. The number of benzene rings is 1. The fourth-order valence-electron chi connectivity index (χ4n) is 1.45. The summed E-state index contributed by atoms with van der Waals surface area (Å²) in [5.41, 5.74) is -0.634. The van der Waals surface area contributed by atoms with E-state index in [1.807, 2.05) is 0 Å². The third-order valence-corrected chi connectivity index (χ3v) is 2.37. The highest BCUT2D eigenvalue weighted by Crippen LogP contribution is 2.17. The summed E-state index contributed by atoms with van der Waals surface area (Å²) in [6.45, 7) is -0.424. The van der Waals surface area contributed by atoms with E-state index in [-0.39, 0.29) is 5.56 Å². The van der Waals surface area contributed by atoms with Crippen LogP contribution in [0.1, 0.15) is 11.1 Å². The number of halogens is 2. The van der Waals surface area contributed by atoms with Crippen molar-refractivity contribution in [3.63, 3.8) is 0 Å². The molecule has 18 heavy (non-hydrogen) atoms. The molecular formula is C11H5F2N3O2. The van der Waals surface area contributed by atoms with Gasteiger partial charge in [0.15, 0.2) is 0 Å². The second kappa shape index (κ2) is 4.33. The lowest BCUT2D eigenvalue weighted by atomic mass is 10.1. The average molecular weight is 249 g/mol. The highest BCUT2D eigenvalue weighted by atomic mass is 19.1. The molecule has 0 fully saturated rings. The van der Waals surface area contributed by atoms with Gasteiger partial charge in [-0.15, -0.1) is 0 Å². The summed E-state index contributed by atoms with van der Waals surface area (Å²) in [4.78, 5) is 26.2. The minimum Gasteiger partial charge on any atom is -0.267 e. The number of carbonyl (C=O) groups excluding carboxylic acids is 2. The molecule has 0 saturated heterocycles. The van der Waals surface area contributed by atoms with E-state index in [4.69, 9.17) is 5.26 Å². The number of hydrogen-bond donors (Lipinski definition) is 0. The van der Waals surface area contributed by atoms with Crippen LogP contribution >= 0.6 is 0 Å². The molecule has 0 unspecified atom stereocenters. The summed E-state index contributed by atoms with van der Waals surface area (Å²) < 4.78 is 26.8. The zero-order chi connectivity index (χ0) is 13.3. The van der Waals surface area contributed by atoms with Crippen molar-refractivity contribution in [2.75, 3.05) is 0 Å². The van der Waals surface area contributed by atoms with Crippen LogP contribution in [0.25, 0.3) is 0 Å². The van der Waals surface area contributed by atoms with Gasteiger partial charge in [-0.1, -0.05) is 0 Å². The van der Waals surface area contributed by atoms with Crippen LogP contribution in [0.2, 0.25) is 0 Å². The summed E-state index contributed by atoms with van der Waals surface area (Å²) in [7, 11) is 0. The smallest absolute Gasteiger partial charge is 0.267 e. The topological polar surface area (TPSA) is 73.5 Å². The molecule has 1 aliphatic rings. The molecule has 0 aromatic heterocycles. The maximum Gasteiger partial charge on any atom is 0.350 e. The quantitative estimate of drug-likeness (QED) is 0.794. The molecule has 0 saturated carbocycles. The second-order valence-electron chi connectivity index (χ2n) is 3.50. The Balaban J connectivity index is 2.31. The third-order valence-electron chi connectivity index (χ3n) is 2.37. The number of imide groups is 1. The molecule has 7 heteroatoms. The first-order valence-corrected chi connectivity index (χ1v) is 4.80. The van der Waals surface area contributed by atoms with Gasteiger partial charge in [0.25, 0.3) is 5.91 Å². The van der Waals surface area contributed by atoms with E-state index in [1.54, 1.807) is 0 Å². The number of nitriles is 1. The molecule has 0 aliphatic carbocycles. The molecule has 3 amide bonds. The maximum absolute atomic E-state index is 13.5. The molecule has 0 atom stereocenters. The summed E-state index contributed by atoms with van der Waals surface area (Å²) >= 11 is 0. The van der Waals surface area contributed by atoms with Crippen molar-refractivity contribution >= 4 is 18.2 Å². The Kier molecular flexibility index (Phi) is 2.85. The van der Waals surface area contributed by atoms with Crippen LogP contribution in [-0.2, 0) is 11.3 Å². The minimum absolute atomic E-state index is 0.196. The Labute approximate surface area is 100.0 Å². The van der Waals surface area contributed by atoms with Gasteiger partial charge in [-0.05, 0) is 12.1 Å². The number of amides is 3. The Bertz CT molecular complexity index is 601. The van der Waals surface area contributed by atoms with Gasteiger partial charge in [0.2, 0.25) is 0 Å². The normalized spacial score (nSPS) is 14.2. The van der Waals surface area contributed by atoms with E-state index < -0.39 is 35.7 Å². The lowest BCUT2D eigenvalue weighted by Gasteiger charge is -2.12. The molecule has 1 heterocycles. The average Bonchev–Trinajstić information content (AvgIpc) is 2.65. The number of rotatable bonds is 2. The van der Waals surface area contributed by atoms with Gasteiger partial charge in [0.05, 0.1) is 18.3 Å². The van der Waals surface area contributed by atoms with Gasteiger partial charge in [-0.25, -0.2) is 13.6 Å². The van der Waals surface area contributed by atoms with Crippen molar-refractivity contribution in [1.82, 2.24) is 4.90 Å². The lowest BCUT2D eigenvalue weighted by molar-refractivity contribution is -0.120. The Morgan fingerprint density at radius 3 is 2.56 bits per heavy atom. The van der Waals surface area contributed by atoms with E-state index in [1.165, 1.54) is 6.07 Å². The van der Waals surface area contributed by atoms with Crippen molar-refractivity contribution in [2.24, 2.45) is 4.99 Å². The van der Waals surface area contributed by atoms with E-state index in [9.17, 15) is 18.4 Å². The molecule has 5 nitrogen and oxygen atoms in total. The first-order valence-electron chi connectivity index (χ1n) is 4.80. The number of carbonyl (C=O) groups is 2. The van der Waals surface area contributed by atoms with Crippen molar-refractivity contribution in [3.05, 3.63) is 34.9 Å². The number of nitrogens with zero attached hydrogens (tertiary/aromatic N) is 3. The highest BCUT2D eigenvalue weighted by Gasteiger charge is 2.26. The standard InChI is InChI=1S/C11H5F2N3O2/c12-8-2-7(9(13)1-6(8)3-14)5-16-10(17)4-15-11(16)18/h1-2,4H,5H2. The fraction of sp³-hybridized carbons (Fsp3) is 0.0909. The molecule has 90 valence electrons. The van der Waals surface area contributed by atoms with Crippen LogP contribution in [0.5, 0.6) is 0 Å². The largest absolute Gasteiger partial charge is 0.350 e. The second-order valence-corrected chi connectivity index (χ2v) is 3.50. The first kappa shape index (κ1) is 11.9. The van der Waals surface area contributed by atoms with E-state index in [2.05, 4.69) is 4.99 Å². The SMILES string of the molecule is N#Cc1cc(F)c(CN2C(=O)C=NC2=O)cc1F. The molecule has 0 N–H and O–H groups in total. The van der Waals surface area contributed by atoms with Crippen LogP contribution in [0.3, 0.4) is 0 Å². The Morgan fingerprint density at radius 2 is 2.00 bits per heavy atom. The first-order chi connectivity index (χ1) is 8.52. The monoisotopic (exact) mass is 249 g/mol. The highest BCUT2D eigenvalue weighted by molar-refractivity contribution is 6.35. The predicted molar refractivity (Wildman–Crippen MR) is 55.5 cm³/mol. The molecule has 0 bridgehead atoms. The fourth-order valence-corrected chi connectivity index (χ4v) is 1.45. The zero-order valence-electron chi connectivity index (χ0n) is 8.85. The molecule has 0 radical (unpaired) electrons. The van der Waals surface area contributed by atoms with E-state index in [0.29, 0.717) is 4.90 Å². The van der Waals surface area contributed by atoms with Gasteiger partial charge in [0.1, 0.15) is 17.7 Å². The van der Waals surface area contributed by atoms with Gasteiger partial charge >= 0.3 is 6.03 Å². The summed E-state index contributed by atoms with van der Waals surface area (Å²) in [6.07, 6.45) is 0.806. The Morgan fingerprint density at radius 1 is 1.28 bits per heavy atom. The van der Waals surface area contributed by atoms with Crippen LogP contribution < -0.4 is 0 Å². The maximum atomic E-state index is 13.5. The van der Waals surface area contributed by atoms with Crippen molar-refractivity contribution in [1.29, 1.82) is 5.26 Å². The molecular weight excluding hydrogens is 244 g/mol. The van der Waals surface area contributed by atoms with E-state index in [0.717, 1.165) is 18.3 Å². The minimum atomic E-state index is -0.908. The van der Waals surface area contributed by atoms with Crippen molar-refractivity contribution < 1.29 is 18.4 Å². The third kappa shape index (κ3) is 1.96. The number of hydrogen-bond acceptors (Lipinski definition) is 3. The van der Waals surface area contributed by atoms with Crippen LogP contribution in [0, 0.1) is 23.0 Å². The number of aliphatic imine (C=N–C) groups is 1. The lowest BCUT2D eigenvalue weighted by Crippen LogP contribution is -2.29. The number of urea groups is 1. The van der Waals surface area contributed by atoms with Gasteiger partial charge < -0.3 is 0 Å². The molecule has 2 rings (SSSR count). The van der Waals surface area contributed by atoms with Gasteiger partial charge in [-0.2, -0.15) is 10.3 Å². The summed E-state index contributed by atoms with van der Waals surface area (Å²) in [6, 6.07) is 2.16. The van der Waals surface area contributed by atoms with E-state index >= 15 is 0 Å². The Hall–Kier alpha value is -2.62. The van der Waals surface area contributed by atoms with Gasteiger partial charge in [-0.3, -0.25) is 9.69 Å². The van der Waals surface area contributed by atoms with Crippen LogP contribution in [0.15, 0.2) is 17.1 Å². The van der Waals surface area contributed by atoms with Crippen molar-refractivity contribution in [3.8, 4) is 6.07 Å². The van der Waals surface area contributed by atoms with Crippen LogP contribution in [0.4, 0.5) is 13.6 Å². The molecule has 0 spiro atoms. The van der Waals surface area contributed by atoms with Gasteiger partial charge in [0, 0.05) is 5.56 Å².